The maximum absolute atomic E-state index is 3.60. The van der Waals surface area contributed by atoms with E-state index in [1.165, 1.54) is 64.7 Å². The monoisotopic (exact) mass is 268 g/mol. The van der Waals surface area contributed by atoms with Gasteiger partial charge in [-0.2, -0.15) is 0 Å². The van der Waals surface area contributed by atoms with Crippen LogP contribution >= 0.6 is 0 Å². The molecule has 1 fully saturated rings. The lowest BCUT2D eigenvalue weighted by atomic mass is 10.1. The average Bonchev–Trinajstić information content (AvgIpc) is 3.09. The second-order valence-electron chi connectivity index (χ2n) is 7.19. The predicted octanol–water partition coefficient (Wildman–Crippen LogP) is 3.91. The van der Waals surface area contributed by atoms with Crippen LogP contribution in [0.25, 0.3) is 0 Å². The highest BCUT2D eigenvalue weighted by atomic mass is 15.1. The largest absolute Gasteiger partial charge is 0.314 e. The Labute approximate surface area is 121 Å². The van der Waals surface area contributed by atoms with Crippen molar-refractivity contribution in [2.75, 3.05) is 26.2 Å². The Bertz CT molecular complexity index is 199. The van der Waals surface area contributed by atoms with E-state index in [1.54, 1.807) is 0 Å². The van der Waals surface area contributed by atoms with Crippen LogP contribution in [-0.4, -0.2) is 37.1 Å². The van der Waals surface area contributed by atoms with Gasteiger partial charge in [-0.1, -0.05) is 40.5 Å². The zero-order valence-corrected chi connectivity index (χ0v) is 13.8. The van der Waals surface area contributed by atoms with Gasteiger partial charge in [-0.3, -0.25) is 0 Å². The first-order valence-electron chi connectivity index (χ1n) is 8.53. The van der Waals surface area contributed by atoms with E-state index in [-0.39, 0.29) is 0 Å². The summed E-state index contributed by atoms with van der Waals surface area (Å²) in [4.78, 5) is 2.66. The highest BCUT2D eigenvalue weighted by molar-refractivity contribution is 4.80. The lowest BCUT2D eigenvalue weighted by Crippen LogP contribution is -2.32. The highest BCUT2D eigenvalue weighted by Crippen LogP contribution is 2.18. The fourth-order valence-corrected chi connectivity index (χ4v) is 2.70. The van der Waals surface area contributed by atoms with E-state index in [1.807, 2.05) is 0 Å². The number of rotatable bonds is 12. The molecule has 0 unspecified atom stereocenters. The number of hydrogen-bond donors (Lipinski definition) is 1. The standard InChI is InChI=1S/C17H36N2/c1-15(2)13-19(14-16(3)4)12-8-6-5-7-11-18-17-9-10-17/h15-18H,5-14H2,1-4H3. The summed E-state index contributed by atoms with van der Waals surface area (Å²) < 4.78 is 0. The van der Waals surface area contributed by atoms with Gasteiger partial charge in [0.2, 0.25) is 0 Å². The molecule has 0 aromatic heterocycles. The third-order valence-electron chi connectivity index (χ3n) is 3.66. The zero-order valence-electron chi connectivity index (χ0n) is 13.8. The molecule has 1 N–H and O–H groups in total. The lowest BCUT2D eigenvalue weighted by molar-refractivity contribution is 0.215. The maximum atomic E-state index is 3.60. The summed E-state index contributed by atoms with van der Waals surface area (Å²) in [5, 5.41) is 3.60. The second kappa shape index (κ2) is 9.77. The molecule has 0 radical (unpaired) electrons. The van der Waals surface area contributed by atoms with Crippen molar-refractivity contribution in [1.82, 2.24) is 10.2 Å². The molecular weight excluding hydrogens is 232 g/mol. The van der Waals surface area contributed by atoms with Crippen LogP contribution in [0.15, 0.2) is 0 Å². The van der Waals surface area contributed by atoms with Crippen LogP contribution in [0.4, 0.5) is 0 Å². The summed E-state index contributed by atoms with van der Waals surface area (Å²) in [7, 11) is 0. The first kappa shape index (κ1) is 17.0. The predicted molar refractivity (Wildman–Crippen MR) is 85.6 cm³/mol. The molecule has 1 rings (SSSR count). The zero-order chi connectivity index (χ0) is 14.1. The van der Waals surface area contributed by atoms with E-state index in [9.17, 15) is 0 Å². The molecule has 0 saturated heterocycles. The number of unbranched alkanes of at least 4 members (excludes halogenated alkanes) is 3. The van der Waals surface area contributed by atoms with E-state index >= 15 is 0 Å². The molecule has 0 atom stereocenters. The smallest absolute Gasteiger partial charge is 0.00682 e. The van der Waals surface area contributed by atoms with Crippen LogP contribution in [0.1, 0.15) is 66.2 Å². The summed E-state index contributed by atoms with van der Waals surface area (Å²) in [5.74, 6) is 1.59. The molecule has 19 heavy (non-hydrogen) atoms. The molecule has 0 heterocycles. The molecule has 0 aromatic rings. The van der Waals surface area contributed by atoms with Crippen LogP contribution in [0.5, 0.6) is 0 Å². The van der Waals surface area contributed by atoms with Crippen molar-refractivity contribution in [3.63, 3.8) is 0 Å². The molecule has 0 aromatic carbocycles. The van der Waals surface area contributed by atoms with Gasteiger partial charge >= 0.3 is 0 Å². The highest BCUT2D eigenvalue weighted by Gasteiger charge is 2.19. The van der Waals surface area contributed by atoms with Crippen LogP contribution in [0.3, 0.4) is 0 Å². The van der Waals surface area contributed by atoms with E-state index in [0.29, 0.717) is 0 Å². The fraction of sp³-hybridized carbons (Fsp3) is 1.00. The van der Waals surface area contributed by atoms with Gasteiger partial charge in [-0.15, -0.1) is 0 Å². The van der Waals surface area contributed by atoms with Crippen molar-refractivity contribution in [3.05, 3.63) is 0 Å². The first-order chi connectivity index (χ1) is 9.08. The quantitative estimate of drug-likeness (QED) is 0.540. The van der Waals surface area contributed by atoms with Crippen LogP contribution < -0.4 is 5.32 Å². The first-order valence-corrected chi connectivity index (χ1v) is 8.53. The van der Waals surface area contributed by atoms with Crippen molar-refractivity contribution >= 4 is 0 Å². The molecule has 0 bridgehead atoms. The minimum absolute atomic E-state index is 0.793. The van der Waals surface area contributed by atoms with E-state index in [2.05, 4.69) is 37.9 Å². The van der Waals surface area contributed by atoms with Crippen LogP contribution in [0.2, 0.25) is 0 Å². The van der Waals surface area contributed by atoms with Gasteiger partial charge < -0.3 is 10.2 Å². The van der Waals surface area contributed by atoms with Gasteiger partial charge in [0.1, 0.15) is 0 Å². The van der Waals surface area contributed by atoms with Crippen molar-refractivity contribution in [2.45, 2.75) is 72.3 Å². The second-order valence-corrected chi connectivity index (χ2v) is 7.19. The maximum Gasteiger partial charge on any atom is 0.00682 e. The van der Waals surface area contributed by atoms with Gasteiger partial charge in [0.05, 0.1) is 0 Å². The van der Waals surface area contributed by atoms with Gasteiger partial charge in [-0.05, 0) is 50.6 Å². The Morgan fingerprint density at radius 1 is 0.895 bits per heavy atom. The van der Waals surface area contributed by atoms with E-state index in [0.717, 1.165) is 17.9 Å². The summed E-state index contributed by atoms with van der Waals surface area (Å²) in [5.41, 5.74) is 0. The average molecular weight is 268 g/mol. The van der Waals surface area contributed by atoms with Gasteiger partial charge in [0.25, 0.3) is 0 Å². The molecule has 0 aliphatic heterocycles. The number of nitrogens with zero attached hydrogens (tertiary/aromatic N) is 1. The molecule has 2 heteroatoms. The molecule has 1 aliphatic carbocycles. The molecule has 0 amide bonds. The molecule has 1 aliphatic rings. The van der Waals surface area contributed by atoms with Crippen molar-refractivity contribution in [1.29, 1.82) is 0 Å². The number of nitrogens with one attached hydrogen (secondary N) is 1. The Balaban J connectivity index is 1.96. The van der Waals surface area contributed by atoms with Crippen molar-refractivity contribution in [2.24, 2.45) is 11.8 Å². The topological polar surface area (TPSA) is 15.3 Å². The van der Waals surface area contributed by atoms with Gasteiger partial charge in [-0.25, -0.2) is 0 Å². The Hall–Kier alpha value is -0.0800. The normalized spacial score (nSPS) is 15.9. The molecule has 1 saturated carbocycles. The lowest BCUT2D eigenvalue weighted by Gasteiger charge is -2.26. The summed E-state index contributed by atoms with van der Waals surface area (Å²) in [6.45, 7) is 14.4. The van der Waals surface area contributed by atoms with E-state index < -0.39 is 0 Å². The summed E-state index contributed by atoms with van der Waals surface area (Å²) >= 11 is 0. The third kappa shape index (κ3) is 10.4. The van der Waals surface area contributed by atoms with Gasteiger partial charge in [0.15, 0.2) is 0 Å². The fourth-order valence-electron chi connectivity index (χ4n) is 2.70. The summed E-state index contributed by atoms with van der Waals surface area (Å²) in [6, 6.07) is 0.882. The van der Waals surface area contributed by atoms with E-state index in [4.69, 9.17) is 0 Å². The van der Waals surface area contributed by atoms with Crippen molar-refractivity contribution < 1.29 is 0 Å². The molecule has 2 nitrogen and oxygen atoms in total. The van der Waals surface area contributed by atoms with Crippen LogP contribution in [0, 0.1) is 11.8 Å². The molecular formula is C17H36N2. The third-order valence-corrected chi connectivity index (χ3v) is 3.66. The Kier molecular flexibility index (Phi) is 8.72. The Morgan fingerprint density at radius 2 is 1.47 bits per heavy atom. The van der Waals surface area contributed by atoms with Crippen molar-refractivity contribution in [3.8, 4) is 0 Å². The number of hydrogen-bond acceptors (Lipinski definition) is 2. The van der Waals surface area contributed by atoms with Crippen LogP contribution in [-0.2, 0) is 0 Å². The minimum atomic E-state index is 0.793. The minimum Gasteiger partial charge on any atom is -0.314 e. The summed E-state index contributed by atoms with van der Waals surface area (Å²) in [6.07, 6.45) is 8.38. The Morgan fingerprint density at radius 3 is 2.00 bits per heavy atom. The molecule has 114 valence electrons. The molecule has 0 spiro atoms. The van der Waals surface area contributed by atoms with Gasteiger partial charge in [0, 0.05) is 19.1 Å². The SMILES string of the molecule is CC(C)CN(CCCCCCNC1CC1)CC(C)C.